The summed E-state index contributed by atoms with van der Waals surface area (Å²) in [6, 6.07) is 12.9. The molecule has 0 aliphatic heterocycles. The summed E-state index contributed by atoms with van der Waals surface area (Å²) in [5.41, 5.74) is 2.02. The van der Waals surface area contributed by atoms with Gasteiger partial charge in [0.2, 0.25) is 10.0 Å². The predicted molar refractivity (Wildman–Crippen MR) is 108 cm³/mol. The summed E-state index contributed by atoms with van der Waals surface area (Å²) in [7, 11) is -2.21. The first-order valence-corrected chi connectivity index (χ1v) is 10.0. The van der Waals surface area contributed by atoms with E-state index in [-0.39, 0.29) is 17.1 Å². The second-order valence-electron chi connectivity index (χ2n) is 5.93. The van der Waals surface area contributed by atoms with E-state index in [1.165, 1.54) is 18.2 Å². The summed E-state index contributed by atoms with van der Waals surface area (Å²) >= 11 is 0. The topological polar surface area (TPSA) is 126 Å². The number of aryl methyl sites for hydroxylation is 1. The first-order valence-electron chi connectivity index (χ1n) is 8.56. The van der Waals surface area contributed by atoms with Crippen LogP contribution in [0.5, 0.6) is 0 Å². The zero-order chi connectivity index (χ0) is 20.6. The van der Waals surface area contributed by atoms with E-state index in [1.54, 1.807) is 7.05 Å². The Hall–Kier alpha value is -2.98. The molecule has 0 atom stereocenters. The van der Waals surface area contributed by atoms with Crippen molar-refractivity contribution in [3.63, 3.8) is 0 Å². The number of rotatable bonds is 8. The second-order valence-corrected chi connectivity index (χ2v) is 7.70. The van der Waals surface area contributed by atoms with Crippen LogP contribution in [-0.4, -0.2) is 39.4 Å². The number of non-ortho nitro benzene ring substituents is 1. The molecule has 9 nitrogen and oxygen atoms in total. The number of nitro groups is 1. The van der Waals surface area contributed by atoms with E-state index in [9.17, 15) is 18.5 Å². The summed E-state index contributed by atoms with van der Waals surface area (Å²) < 4.78 is 26.9. The number of benzene rings is 2. The van der Waals surface area contributed by atoms with Gasteiger partial charge in [0.15, 0.2) is 5.96 Å². The molecule has 150 valence electrons. The van der Waals surface area contributed by atoms with E-state index in [0.29, 0.717) is 19.0 Å². The standard InChI is InChI=1S/C18H23N5O4S/c1-14-6-3-4-7-15(14)13-21-18(19-2)20-10-11-22-28(26,27)17-9-5-8-16(12-17)23(24)25/h3-9,12,22H,10-11,13H2,1-2H3,(H2,19,20,21). The van der Waals surface area contributed by atoms with E-state index in [0.717, 1.165) is 17.2 Å². The van der Waals surface area contributed by atoms with E-state index in [1.807, 2.05) is 31.2 Å². The Morgan fingerprint density at radius 1 is 1.11 bits per heavy atom. The average Bonchev–Trinajstić information content (AvgIpc) is 2.68. The number of sulfonamides is 1. The molecular formula is C18H23N5O4S. The van der Waals surface area contributed by atoms with Gasteiger partial charge in [-0.25, -0.2) is 13.1 Å². The van der Waals surface area contributed by atoms with Crippen molar-refractivity contribution in [2.45, 2.75) is 18.4 Å². The van der Waals surface area contributed by atoms with Crippen molar-refractivity contribution < 1.29 is 13.3 Å². The zero-order valence-corrected chi connectivity index (χ0v) is 16.5. The Morgan fingerprint density at radius 3 is 2.54 bits per heavy atom. The first-order chi connectivity index (χ1) is 13.3. The van der Waals surface area contributed by atoms with Crippen LogP contribution in [0, 0.1) is 17.0 Å². The van der Waals surface area contributed by atoms with Gasteiger partial charge in [-0.05, 0) is 24.1 Å². The minimum atomic E-state index is -3.84. The van der Waals surface area contributed by atoms with Crippen molar-refractivity contribution in [3.8, 4) is 0 Å². The largest absolute Gasteiger partial charge is 0.355 e. The highest BCUT2D eigenvalue weighted by Gasteiger charge is 2.17. The van der Waals surface area contributed by atoms with Gasteiger partial charge in [0.1, 0.15) is 0 Å². The Labute approximate surface area is 164 Å². The molecule has 0 saturated carbocycles. The molecule has 0 spiro atoms. The molecule has 0 fully saturated rings. The van der Waals surface area contributed by atoms with Crippen LogP contribution >= 0.6 is 0 Å². The molecule has 0 bridgehead atoms. The van der Waals surface area contributed by atoms with Crippen LogP contribution < -0.4 is 15.4 Å². The summed E-state index contributed by atoms with van der Waals surface area (Å²) in [5.74, 6) is 0.540. The van der Waals surface area contributed by atoms with Crippen molar-refractivity contribution in [2.24, 2.45) is 4.99 Å². The molecule has 0 aliphatic carbocycles. The predicted octanol–water partition coefficient (Wildman–Crippen LogP) is 1.55. The third-order valence-electron chi connectivity index (χ3n) is 3.98. The van der Waals surface area contributed by atoms with Gasteiger partial charge >= 0.3 is 0 Å². The SMILES string of the molecule is CN=C(NCCNS(=O)(=O)c1cccc([N+](=O)[O-])c1)NCc1ccccc1C. The van der Waals surface area contributed by atoms with Crippen LogP contribution in [0.2, 0.25) is 0 Å². The van der Waals surface area contributed by atoms with Crippen LogP contribution in [0.3, 0.4) is 0 Å². The molecule has 0 aromatic heterocycles. The number of nitrogens with one attached hydrogen (secondary N) is 3. The lowest BCUT2D eigenvalue weighted by molar-refractivity contribution is -0.385. The van der Waals surface area contributed by atoms with E-state index in [2.05, 4.69) is 20.3 Å². The first kappa shape index (κ1) is 21.3. The number of hydrogen-bond acceptors (Lipinski definition) is 5. The van der Waals surface area contributed by atoms with Crippen molar-refractivity contribution in [3.05, 3.63) is 69.8 Å². The zero-order valence-electron chi connectivity index (χ0n) is 15.7. The minimum absolute atomic E-state index is 0.0933. The van der Waals surface area contributed by atoms with Crippen molar-refractivity contribution in [1.29, 1.82) is 0 Å². The number of aliphatic imine (C=N–C) groups is 1. The third-order valence-corrected chi connectivity index (χ3v) is 5.44. The molecular weight excluding hydrogens is 382 g/mol. The van der Waals surface area contributed by atoms with Crippen molar-refractivity contribution in [2.75, 3.05) is 20.1 Å². The molecule has 2 aromatic rings. The molecule has 3 N–H and O–H groups in total. The Morgan fingerprint density at radius 2 is 1.86 bits per heavy atom. The summed E-state index contributed by atoms with van der Waals surface area (Å²) in [6.07, 6.45) is 0. The number of nitrogens with zero attached hydrogens (tertiary/aromatic N) is 2. The van der Waals surface area contributed by atoms with Crippen LogP contribution in [0.25, 0.3) is 0 Å². The van der Waals surface area contributed by atoms with Crippen LogP contribution in [0.1, 0.15) is 11.1 Å². The van der Waals surface area contributed by atoms with Gasteiger partial charge < -0.3 is 10.6 Å². The molecule has 0 heterocycles. The van der Waals surface area contributed by atoms with Crippen molar-refractivity contribution in [1.82, 2.24) is 15.4 Å². The molecule has 0 aliphatic rings. The molecule has 0 saturated heterocycles. The van der Waals surface area contributed by atoms with Gasteiger partial charge in [-0.2, -0.15) is 0 Å². The lowest BCUT2D eigenvalue weighted by Gasteiger charge is -2.13. The fraction of sp³-hybridized carbons (Fsp3) is 0.278. The van der Waals surface area contributed by atoms with E-state index in [4.69, 9.17) is 0 Å². The maximum Gasteiger partial charge on any atom is 0.270 e. The number of hydrogen-bond donors (Lipinski definition) is 3. The Bertz CT molecular complexity index is 960. The van der Waals surface area contributed by atoms with Gasteiger partial charge in [0.25, 0.3) is 5.69 Å². The number of nitro benzene ring substituents is 1. The molecule has 10 heteroatoms. The van der Waals surface area contributed by atoms with Gasteiger partial charge in [0.05, 0.1) is 9.82 Å². The lowest BCUT2D eigenvalue weighted by atomic mass is 10.1. The third kappa shape index (κ3) is 6.03. The molecule has 2 aromatic carbocycles. The monoisotopic (exact) mass is 405 g/mol. The van der Waals surface area contributed by atoms with E-state index >= 15 is 0 Å². The summed E-state index contributed by atoms with van der Waals surface area (Å²) in [6.45, 7) is 3.00. The van der Waals surface area contributed by atoms with Gasteiger partial charge in [-0.15, -0.1) is 0 Å². The van der Waals surface area contributed by atoms with Gasteiger partial charge in [-0.3, -0.25) is 15.1 Å². The highest BCUT2D eigenvalue weighted by molar-refractivity contribution is 7.89. The molecule has 0 radical (unpaired) electrons. The fourth-order valence-corrected chi connectivity index (χ4v) is 3.49. The molecule has 2 rings (SSSR count). The normalized spacial score (nSPS) is 11.9. The lowest BCUT2D eigenvalue weighted by Crippen LogP contribution is -2.41. The van der Waals surface area contributed by atoms with Gasteiger partial charge in [-0.1, -0.05) is 30.3 Å². The average molecular weight is 405 g/mol. The minimum Gasteiger partial charge on any atom is -0.355 e. The maximum absolute atomic E-state index is 12.3. The quantitative estimate of drug-likeness (QED) is 0.201. The number of guanidine groups is 1. The molecule has 0 amide bonds. The smallest absolute Gasteiger partial charge is 0.270 e. The van der Waals surface area contributed by atoms with Gasteiger partial charge in [0, 0.05) is 38.8 Å². The van der Waals surface area contributed by atoms with Crippen LogP contribution in [0.4, 0.5) is 5.69 Å². The van der Waals surface area contributed by atoms with Crippen LogP contribution in [-0.2, 0) is 16.6 Å². The second kappa shape index (κ2) is 9.81. The van der Waals surface area contributed by atoms with Crippen LogP contribution in [0.15, 0.2) is 58.4 Å². The summed E-state index contributed by atoms with van der Waals surface area (Å²) in [4.78, 5) is 14.1. The maximum atomic E-state index is 12.3. The Balaban J connectivity index is 1.84. The van der Waals surface area contributed by atoms with Crippen molar-refractivity contribution >= 4 is 21.7 Å². The summed E-state index contributed by atoms with van der Waals surface area (Å²) in [5, 5.41) is 17.0. The molecule has 0 unspecified atom stereocenters. The fourth-order valence-electron chi connectivity index (χ4n) is 2.42. The highest BCUT2D eigenvalue weighted by Crippen LogP contribution is 2.16. The van der Waals surface area contributed by atoms with E-state index < -0.39 is 14.9 Å². The highest BCUT2D eigenvalue weighted by atomic mass is 32.2. The molecule has 28 heavy (non-hydrogen) atoms. The Kier molecular flexibility index (Phi) is 7.47.